The SMILES string of the molecule is COc1ccc(NC(=O)C(C)Oc2ccc(C(C)C)cc2)c(OC)c1. The number of methoxy groups -OCH3 is 2. The second-order valence-corrected chi connectivity index (χ2v) is 6.04. The zero-order valence-electron chi connectivity index (χ0n) is 15.3. The maximum atomic E-state index is 12.4. The van der Waals surface area contributed by atoms with Gasteiger partial charge in [-0.2, -0.15) is 0 Å². The maximum Gasteiger partial charge on any atom is 0.265 e. The van der Waals surface area contributed by atoms with Crippen LogP contribution in [0.2, 0.25) is 0 Å². The van der Waals surface area contributed by atoms with Gasteiger partial charge < -0.3 is 19.5 Å². The molecule has 0 aromatic heterocycles. The number of nitrogens with one attached hydrogen (secondary N) is 1. The third-order valence-corrected chi connectivity index (χ3v) is 3.90. The Morgan fingerprint density at radius 3 is 2.12 bits per heavy atom. The highest BCUT2D eigenvalue weighted by Gasteiger charge is 2.17. The summed E-state index contributed by atoms with van der Waals surface area (Å²) in [6.45, 7) is 5.98. The van der Waals surface area contributed by atoms with Gasteiger partial charge in [0.05, 0.1) is 19.9 Å². The van der Waals surface area contributed by atoms with Crippen molar-refractivity contribution in [3.8, 4) is 17.2 Å². The molecule has 1 N–H and O–H groups in total. The Balaban J connectivity index is 2.02. The van der Waals surface area contributed by atoms with Gasteiger partial charge in [0.25, 0.3) is 5.91 Å². The van der Waals surface area contributed by atoms with Gasteiger partial charge in [-0.15, -0.1) is 0 Å². The summed E-state index contributed by atoms with van der Waals surface area (Å²) in [4.78, 5) is 12.4. The lowest BCUT2D eigenvalue weighted by Crippen LogP contribution is -2.30. The fraction of sp³-hybridized carbons (Fsp3) is 0.350. The van der Waals surface area contributed by atoms with Crippen LogP contribution in [0, 0.1) is 0 Å². The largest absolute Gasteiger partial charge is 0.497 e. The second kappa shape index (κ2) is 8.42. The molecule has 0 heterocycles. The van der Waals surface area contributed by atoms with Gasteiger partial charge in [0.15, 0.2) is 6.10 Å². The number of carbonyl (C=O) groups excluding carboxylic acids is 1. The van der Waals surface area contributed by atoms with Gasteiger partial charge in [0, 0.05) is 6.07 Å². The zero-order valence-corrected chi connectivity index (χ0v) is 15.3. The predicted molar refractivity (Wildman–Crippen MR) is 98.8 cm³/mol. The molecule has 25 heavy (non-hydrogen) atoms. The van der Waals surface area contributed by atoms with E-state index in [1.165, 1.54) is 5.56 Å². The van der Waals surface area contributed by atoms with Crippen molar-refractivity contribution in [3.05, 3.63) is 48.0 Å². The van der Waals surface area contributed by atoms with Crippen LogP contribution in [0.3, 0.4) is 0 Å². The number of benzene rings is 2. The van der Waals surface area contributed by atoms with Crippen molar-refractivity contribution in [2.45, 2.75) is 32.8 Å². The van der Waals surface area contributed by atoms with Crippen LogP contribution < -0.4 is 19.5 Å². The van der Waals surface area contributed by atoms with Gasteiger partial charge in [-0.05, 0) is 42.7 Å². The number of amides is 1. The third-order valence-electron chi connectivity index (χ3n) is 3.90. The van der Waals surface area contributed by atoms with E-state index in [1.807, 2.05) is 24.3 Å². The molecule has 0 aliphatic carbocycles. The van der Waals surface area contributed by atoms with Gasteiger partial charge in [-0.25, -0.2) is 0 Å². The summed E-state index contributed by atoms with van der Waals surface area (Å²) in [5.41, 5.74) is 1.80. The van der Waals surface area contributed by atoms with Crippen LogP contribution in [-0.4, -0.2) is 26.2 Å². The van der Waals surface area contributed by atoms with E-state index in [0.29, 0.717) is 28.9 Å². The Bertz CT molecular complexity index is 710. The standard InChI is InChI=1S/C20H25NO4/c1-13(2)15-6-8-16(9-7-15)25-14(3)20(22)21-18-11-10-17(23-4)12-19(18)24-5/h6-14H,1-5H3,(H,21,22). The molecule has 1 atom stereocenters. The van der Waals surface area contributed by atoms with Crippen molar-refractivity contribution in [2.24, 2.45) is 0 Å². The van der Waals surface area contributed by atoms with Crippen LogP contribution in [-0.2, 0) is 4.79 Å². The third kappa shape index (κ3) is 4.89. The first kappa shape index (κ1) is 18.6. The molecule has 1 unspecified atom stereocenters. The van der Waals surface area contributed by atoms with Crippen LogP contribution >= 0.6 is 0 Å². The lowest BCUT2D eigenvalue weighted by Gasteiger charge is -2.17. The predicted octanol–water partition coefficient (Wildman–Crippen LogP) is 4.23. The zero-order chi connectivity index (χ0) is 18.4. The molecule has 2 aromatic rings. The fourth-order valence-electron chi connectivity index (χ4n) is 2.33. The van der Waals surface area contributed by atoms with Crippen LogP contribution in [0.4, 0.5) is 5.69 Å². The molecule has 0 saturated heterocycles. The van der Waals surface area contributed by atoms with E-state index in [-0.39, 0.29) is 5.91 Å². The van der Waals surface area contributed by atoms with Crippen LogP contribution in [0.15, 0.2) is 42.5 Å². The lowest BCUT2D eigenvalue weighted by atomic mass is 10.0. The number of carbonyl (C=O) groups is 1. The summed E-state index contributed by atoms with van der Waals surface area (Å²) in [6.07, 6.45) is -0.642. The van der Waals surface area contributed by atoms with Crippen LogP contribution in [0.1, 0.15) is 32.3 Å². The summed E-state index contributed by atoms with van der Waals surface area (Å²) in [5.74, 6) is 2.05. The number of ether oxygens (including phenoxy) is 3. The summed E-state index contributed by atoms with van der Waals surface area (Å²) >= 11 is 0. The van der Waals surface area contributed by atoms with Crippen molar-refractivity contribution < 1.29 is 19.0 Å². The molecule has 0 bridgehead atoms. The minimum Gasteiger partial charge on any atom is -0.497 e. The van der Waals surface area contributed by atoms with E-state index in [9.17, 15) is 4.79 Å². The molecule has 2 rings (SSSR count). The average Bonchev–Trinajstić information content (AvgIpc) is 2.62. The van der Waals surface area contributed by atoms with E-state index >= 15 is 0 Å². The van der Waals surface area contributed by atoms with Gasteiger partial charge in [0.2, 0.25) is 0 Å². The molecule has 1 amide bonds. The Morgan fingerprint density at radius 1 is 0.920 bits per heavy atom. The molecule has 0 saturated carbocycles. The van der Waals surface area contributed by atoms with Crippen molar-refractivity contribution in [1.82, 2.24) is 0 Å². The number of hydrogen-bond donors (Lipinski definition) is 1. The first-order valence-corrected chi connectivity index (χ1v) is 8.24. The Morgan fingerprint density at radius 2 is 1.56 bits per heavy atom. The molecular formula is C20H25NO4. The highest BCUT2D eigenvalue weighted by molar-refractivity contribution is 5.95. The molecule has 0 spiro atoms. The lowest BCUT2D eigenvalue weighted by molar-refractivity contribution is -0.122. The summed E-state index contributed by atoms with van der Waals surface area (Å²) in [5, 5.41) is 2.82. The van der Waals surface area contributed by atoms with Gasteiger partial charge in [-0.3, -0.25) is 4.79 Å². The quantitative estimate of drug-likeness (QED) is 0.817. The second-order valence-electron chi connectivity index (χ2n) is 6.04. The van der Waals surface area contributed by atoms with Gasteiger partial charge in [0.1, 0.15) is 17.2 Å². The number of rotatable bonds is 7. The van der Waals surface area contributed by atoms with Crippen molar-refractivity contribution in [1.29, 1.82) is 0 Å². The van der Waals surface area contributed by atoms with Gasteiger partial charge >= 0.3 is 0 Å². The Kier molecular flexibility index (Phi) is 6.28. The van der Waals surface area contributed by atoms with E-state index in [4.69, 9.17) is 14.2 Å². The van der Waals surface area contributed by atoms with Crippen molar-refractivity contribution in [3.63, 3.8) is 0 Å². The first-order chi connectivity index (χ1) is 11.9. The molecule has 0 aliphatic heterocycles. The smallest absolute Gasteiger partial charge is 0.265 e. The minimum absolute atomic E-state index is 0.253. The minimum atomic E-state index is -0.642. The van der Waals surface area contributed by atoms with Crippen molar-refractivity contribution in [2.75, 3.05) is 19.5 Å². The number of hydrogen-bond acceptors (Lipinski definition) is 4. The number of anilines is 1. The highest BCUT2D eigenvalue weighted by Crippen LogP contribution is 2.29. The van der Waals surface area contributed by atoms with E-state index in [2.05, 4.69) is 19.2 Å². The first-order valence-electron chi connectivity index (χ1n) is 8.24. The normalized spacial score (nSPS) is 11.8. The molecule has 134 valence electrons. The van der Waals surface area contributed by atoms with Gasteiger partial charge in [-0.1, -0.05) is 26.0 Å². The fourth-order valence-corrected chi connectivity index (χ4v) is 2.33. The van der Waals surface area contributed by atoms with E-state index in [0.717, 1.165) is 0 Å². The topological polar surface area (TPSA) is 56.8 Å². The van der Waals surface area contributed by atoms with E-state index < -0.39 is 6.10 Å². The molecule has 0 radical (unpaired) electrons. The van der Waals surface area contributed by atoms with Crippen molar-refractivity contribution >= 4 is 11.6 Å². The van der Waals surface area contributed by atoms with E-state index in [1.54, 1.807) is 39.3 Å². The molecule has 5 heteroatoms. The monoisotopic (exact) mass is 343 g/mol. The average molecular weight is 343 g/mol. The van der Waals surface area contributed by atoms with Crippen LogP contribution in [0.25, 0.3) is 0 Å². The molecule has 0 fully saturated rings. The summed E-state index contributed by atoms with van der Waals surface area (Å²) in [7, 11) is 3.12. The summed E-state index contributed by atoms with van der Waals surface area (Å²) < 4.78 is 16.2. The summed E-state index contributed by atoms with van der Waals surface area (Å²) in [6, 6.07) is 13.0. The Hall–Kier alpha value is -2.69. The molecule has 2 aromatic carbocycles. The van der Waals surface area contributed by atoms with Crippen LogP contribution in [0.5, 0.6) is 17.2 Å². The Labute approximate surface area is 148 Å². The maximum absolute atomic E-state index is 12.4. The molecule has 0 aliphatic rings. The highest BCUT2D eigenvalue weighted by atomic mass is 16.5. The molecule has 5 nitrogen and oxygen atoms in total. The molecular weight excluding hydrogens is 318 g/mol.